The fraction of sp³-hybridized carbons (Fsp3) is 0.455. The standard InChI is InChI=1S/C11H15N3O/c12-11(14-15)9-5-6-13-10(7-9)8-3-1-2-4-8/h5-8,15H,1-4H2,(H2,12,14). The van der Waals surface area contributed by atoms with Crippen LogP contribution in [0.2, 0.25) is 0 Å². The van der Waals surface area contributed by atoms with E-state index in [0.29, 0.717) is 5.92 Å². The molecule has 0 spiro atoms. The highest BCUT2D eigenvalue weighted by Crippen LogP contribution is 2.32. The zero-order valence-electron chi connectivity index (χ0n) is 8.56. The van der Waals surface area contributed by atoms with Gasteiger partial charge < -0.3 is 10.9 Å². The van der Waals surface area contributed by atoms with E-state index in [9.17, 15) is 0 Å². The van der Waals surface area contributed by atoms with Crippen LogP contribution in [0.25, 0.3) is 0 Å². The molecule has 15 heavy (non-hydrogen) atoms. The van der Waals surface area contributed by atoms with Crippen LogP contribution in [0.15, 0.2) is 23.5 Å². The van der Waals surface area contributed by atoms with Gasteiger partial charge in [0.2, 0.25) is 0 Å². The van der Waals surface area contributed by atoms with E-state index in [2.05, 4.69) is 10.1 Å². The minimum atomic E-state index is 0.150. The van der Waals surface area contributed by atoms with E-state index in [1.165, 1.54) is 25.7 Å². The third-order valence-electron chi connectivity index (χ3n) is 2.96. The van der Waals surface area contributed by atoms with Crippen molar-refractivity contribution in [3.63, 3.8) is 0 Å². The molecule has 4 nitrogen and oxygen atoms in total. The lowest BCUT2D eigenvalue weighted by atomic mass is 10.0. The van der Waals surface area contributed by atoms with Crippen LogP contribution < -0.4 is 5.73 Å². The number of hydrogen-bond acceptors (Lipinski definition) is 3. The van der Waals surface area contributed by atoms with Crippen molar-refractivity contribution < 1.29 is 5.21 Å². The number of oxime groups is 1. The third kappa shape index (κ3) is 2.09. The number of amidine groups is 1. The van der Waals surface area contributed by atoms with E-state index in [1.54, 1.807) is 12.3 Å². The van der Waals surface area contributed by atoms with Crippen molar-refractivity contribution in [3.05, 3.63) is 29.6 Å². The van der Waals surface area contributed by atoms with Crippen molar-refractivity contribution in [3.8, 4) is 0 Å². The van der Waals surface area contributed by atoms with Gasteiger partial charge in [-0.25, -0.2) is 0 Å². The summed E-state index contributed by atoms with van der Waals surface area (Å²) >= 11 is 0. The van der Waals surface area contributed by atoms with E-state index in [4.69, 9.17) is 10.9 Å². The molecule has 3 N–H and O–H groups in total. The first-order valence-electron chi connectivity index (χ1n) is 5.25. The molecule has 1 aromatic heterocycles. The molecule has 1 aromatic rings. The number of aromatic nitrogens is 1. The summed E-state index contributed by atoms with van der Waals surface area (Å²) in [5.74, 6) is 0.702. The fourth-order valence-electron chi connectivity index (χ4n) is 2.11. The highest BCUT2D eigenvalue weighted by Gasteiger charge is 2.18. The Morgan fingerprint density at radius 2 is 2.20 bits per heavy atom. The van der Waals surface area contributed by atoms with Crippen molar-refractivity contribution in [2.75, 3.05) is 0 Å². The van der Waals surface area contributed by atoms with Gasteiger partial charge in [-0.2, -0.15) is 0 Å². The fourth-order valence-corrected chi connectivity index (χ4v) is 2.11. The monoisotopic (exact) mass is 205 g/mol. The predicted octanol–water partition coefficient (Wildman–Crippen LogP) is 1.83. The van der Waals surface area contributed by atoms with Gasteiger partial charge in [-0.15, -0.1) is 0 Å². The van der Waals surface area contributed by atoms with Gasteiger partial charge >= 0.3 is 0 Å². The molecule has 0 amide bonds. The van der Waals surface area contributed by atoms with Gasteiger partial charge in [-0.3, -0.25) is 4.98 Å². The Morgan fingerprint density at radius 3 is 2.87 bits per heavy atom. The Balaban J connectivity index is 2.25. The van der Waals surface area contributed by atoms with E-state index in [1.807, 2.05) is 6.07 Å². The largest absolute Gasteiger partial charge is 0.409 e. The van der Waals surface area contributed by atoms with Gasteiger partial charge in [0.15, 0.2) is 5.84 Å². The van der Waals surface area contributed by atoms with Gasteiger partial charge in [0.1, 0.15) is 0 Å². The summed E-state index contributed by atoms with van der Waals surface area (Å²) in [6, 6.07) is 3.68. The van der Waals surface area contributed by atoms with Crippen molar-refractivity contribution in [2.24, 2.45) is 10.9 Å². The van der Waals surface area contributed by atoms with Crippen LogP contribution in [-0.4, -0.2) is 16.0 Å². The molecule has 1 aliphatic rings. The van der Waals surface area contributed by atoms with E-state index >= 15 is 0 Å². The van der Waals surface area contributed by atoms with Gasteiger partial charge in [-0.1, -0.05) is 18.0 Å². The number of pyridine rings is 1. The molecule has 1 aliphatic carbocycles. The Bertz CT molecular complexity index is 370. The minimum absolute atomic E-state index is 0.150. The molecule has 0 aromatic carbocycles. The minimum Gasteiger partial charge on any atom is -0.409 e. The number of nitrogens with two attached hydrogens (primary N) is 1. The molecule has 2 rings (SSSR count). The van der Waals surface area contributed by atoms with Gasteiger partial charge in [-0.05, 0) is 25.0 Å². The lowest BCUT2D eigenvalue weighted by Crippen LogP contribution is -2.14. The summed E-state index contributed by atoms with van der Waals surface area (Å²) in [5, 5.41) is 11.6. The smallest absolute Gasteiger partial charge is 0.170 e. The Kier molecular flexibility index (Phi) is 2.85. The molecule has 80 valence electrons. The summed E-state index contributed by atoms with van der Waals surface area (Å²) < 4.78 is 0. The quantitative estimate of drug-likeness (QED) is 0.335. The van der Waals surface area contributed by atoms with Gasteiger partial charge in [0, 0.05) is 23.4 Å². The topological polar surface area (TPSA) is 71.5 Å². The zero-order valence-corrected chi connectivity index (χ0v) is 8.56. The first-order valence-corrected chi connectivity index (χ1v) is 5.25. The van der Waals surface area contributed by atoms with E-state index in [-0.39, 0.29) is 5.84 Å². The van der Waals surface area contributed by atoms with Crippen molar-refractivity contribution in [2.45, 2.75) is 31.6 Å². The van der Waals surface area contributed by atoms with Crippen LogP contribution in [0.5, 0.6) is 0 Å². The van der Waals surface area contributed by atoms with Crippen LogP contribution >= 0.6 is 0 Å². The third-order valence-corrected chi connectivity index (χ3v) is 2.96. The maximum Gasteiger partial charge on any atom is 0.170 e. The summed E-state index contributed by atoms with van der Waals surface area (Å²) in [7, 11) is 0. The molecular weight excluding hydrogens is 190 g/mol. The van der Waals surface area contributed by atoms with Crippen LogP contribution in [0.1, 0.15) is 42.9 Å². The number of nitrogens with zero attached hydrogens (tertiary/aromatic N) is 2. The highest BCUT2D eigenvalue weighted by molar-refractivity contribution is 5.96. The summed E-state index contributed by atoms with van der Waals surface area (Å²) in [6.45, 7) is 0. The summed E-state index contributed by atoms with van der Waals surface area (Å²) in [6.07, 6.45) is 6.68. The second kappa shape index (κ2) is 4.29. The molecule has 1 heterocycles. The average molecular weight is 205 g/mol. The second-order valence-corrected chi connectivity index (χ2v) is 3.94. The highest BCUT2D eigenvalue weighted by atomic mass is 16.4. The van der Waals surface area contributed by atoms with E-state index < -0.39 is 0 Å². The molecular formula is C11H15N3O. The second-order valence-electron chi connectivity index (χ2n) is 3.94. The lowest BCUT2D eigenvalue weighted by Gasteiger charge is -2.09. The zero-order chi connectivity index (χ0) is 10.7. The molecule has 4 heteroatoms. The molecule has 1 fully saturated rings. The normalized spacial score (nSPS) is 18.3. The molecule has 1 saturated carbocycles. The van der Waals surface area contributed by atoms with Crippen LogP contribution in [0.3, 0.4) is 0 Å². The van der Waals surface area contributed by atoms with Crippen LogP contribution in [-0.2, 0) is 0 Å². The van der Waals surface area contributed by atoms with Crippen molar-refractivity contribution in [1.29, 1.82) is 0 Å². The van der Waals surface area contributed by atoms with Crippen LogP contribution in [0, 0.1) is 0 Å². The number of rotatable bonds is 2. The molecule has 0 aliphatic heterocycles. The Morgan fingerprint density at radius 1 is 1.47 bits per heavy atom. The molecule has 0 bridgehead atoms. The first kappa shape index (κ1) is 9.96. The molecule has 0 radical (unpaired) electrons. The van der Waals surface area contributed by atoms with Crippen molar-refractivity contribution >= 4 is 5.84 Å². The maximum absolute atomic E-state index is 8.59. The lowest BCUT2D eigenvalue weighted by molar-refractivity contribution is 0.318. The predicted molar refractivity (Wildman–Crippen MR) is 58.0 cm³/mol. The Hall–Kier alpha value is -1.58. The molecule has 0 saturated heterocycles. The first-order chi connectivity index (χ1) is 7.31. The van der Waals surface area contributed by atoms with E-state index in [0.717, 1.165) is 11.3 Å². The van der Waals surface area contributed by atoms with Crippen molar-refractivity contribution in [1.82, 2.24) is 4.98 Å². The van der Waals surface area contributed by atoms with Crippen LogP contribution in [0.4, 0.5) is 0 Å². The molecule has 0 unspecified atom stereocenters. The average Bonchev–Trinajstić information content (AvgIpc) is 2.82. The summed E-state index contributed by atoms with van der Waals surface area (Å²) in [4.78, 5) is 4.35. The summed E-state index contributed by atoms with van der Waals surface area (Å²) in [5.41, 5.74) is 7.35. The SMILES string of the molecule is N/C(=N\O)c1ccnc(C2CCCC2)c1. The number of hydrogen-bond donors (Lipinski definition) is 2. The molecule has 0 atom stereocenters. The van der Waals surface area contributed by atoms with Gasteiger partial charge in [0.25, 0.3) is 0 Å². The maximum atomic E-state index is 8.59. The Labute approximate surface area is 88.8 Å². The van der Waals surface area contributed by atoms with Gasteiger partial charge in [0.05, 0.1) is 0 Å².